The van der Waals surface area contributed by atoms with Crippen LogP contribution in [0, 0.1) is 0 Å². The van der Waals surface area contributed by atoms with E-state index >= 15 is 0 Å². The fourth-order valence-corrected chi connectivity index (χ4v) is 1.48. The number of amides is 2. The van der Waals surface area contributed by atoms with E-state index in [9.17, 15) is 9.59 Å². The molecule has 2 rings (SSSR count). The molecule has 7 heteroatoms. The van der Waals surface area contributed by atoms with Crippen molar-refractivity contribution in [3.05, 3.63) is 48.2 Å². The molecule has 0 radical (unpaired) electrons. The third-order valence-electron chi connectivity index (χ3n) is 2.42. The van der Waals surface area contributed by atoms with Gasteiger partial charge in [0.15, 0.2) is 0 Å². The zero-order chi connectivity index (χ0) is 14.4. The zero-order valence-electron chi connectivity index (χ0n) is 10.8. The number of aromatic nitrogens is 3. The monoisotopic (exact) mass is 271 g/mol. The molecule has 0 spiro atoms. The third kappa shape index (κ3) is 3.84. The molecule has 0 aliphatic rings. The molecule has 20 heavy (non-hydrogen) atoms. The van der Waals surface area contributed by atoms with Crippen molar-refractivity contribution in [2.45, 2.75) is 13.5 Å². The van der Waals surface area contributed by atoms with Crippen LogP contribution in [0.15, 0.2) is 36.9 Å². The Balaban J connectivity index is 2.06. The van der Waals surface area contributed by atoms with E-state index in [-0.39, 0.29) is 18.4 Å². The van der Waals surface area contributed by atoms with Crippen LogP contribution < -0.4 is 10.6 Å². The number of carbonyl (C=O) groups is 2. The summed E-state index contributed by atoms with van der Waals surface area (Å²) in [6.07, 6.45) is 4.41. The Morgan fingerprint density at radius 2 is 2.05 bits per heavy atom. The van der Waals surface area contributed by atoms with Crippen molar-refractivity contribution in [3.8, 4) is 0 Å². The van der Waals surface area contributed by atoms with E-state index in [0.717, 1.165) is 0 Å². The largest absolute Gasteiger partial charge is 0.351 e. The molecule has 0 aromatic carbocycles. The van der Waals surface area contributed by atoms with E-state index in [4.69, 9.17) is 0 Å². The van der Waals surface area contributed by atoms with Crippen LogP contribution >= 0.6 is 0 Å². The first-order chi connectivity index (χ1) is 9.65. The fraction of sp³-hybridized carbons (Fsp3) is 0.154. The highest BCUT2D eigenvalue weighted by Gasteiger charge is 2.08. The fourth-order valence-electron chi connectivity index (χ4n) is 1.48. The molecule has 2 aromatic rings. The molecule has 2 amide bonds. The van der Waals surface area contributed by atoms with Crippen molar-refractivity contribution in [1.82, 2.24) is 20.3 Å². The second kappa shape index (κ2) is 6.37. The van der Waals surface area contributed by atoms with Gasteiger partial charge in [0.2, 0.25) is 5.91 Å². The van der Waals surface area contributed by atoms with Gasteiger partial charge in [-0.05, 0) is 18.2 Å². The quantitative estimate of drug-likeness (QED) is 0.855. The predicted molar refractivity (Wildman–Crippen MR) is 71.7 cm³/mol. The van der Waals surface area contributed by atoms with Crippen molar-refractivity contribution in [2.24, 2.45) is 0 Å². The van der Waals surface area contributed by atoms with E-state index < -0.39 is 0 Å². The summed E-state index contributed by atoms with van der Waals surface area (Å²) < 4.78 is 0. The molecule has 2 aromatic heterocycles. The van der Waals surface area contributed by atoms with Crippen molar-refractivity contribution >= 4 is 17.6 Å². The molecular weight excluding hydrogens is 258 g/mol. The van der Waals surface area contributed by atoms with Crippen molar-refractivity contribution in [3.63, 3.8) is 0 Å². The van der Waals surface area contributed by atoms with Gasteiger partial charge in [-0.2, -0.15) is 0 Å². The first kappa shape index (κ1) is 13.6. The number of rotatable bonds is 4. The summed E-state index contributed by atoms with van der Waals surface area (Å²) in [6, 6.07) is 4.80. The van der Waals surface area contributed by atoms with Gasteiger partial charge in [0, 0.05) is 24.9 Å². The maximum atomic E-state index is 12.0. The van der Waals surface area contributed by atoms with Crippen LogP contribution in [0.2, 0.25) is 0 Å². The molecule has 2 N–H and O–H groups in total. The maximum Gasteiger partial charge on any atom is 0.256 e. The molecule has 7 nitrogen and oxygen atoms in total. The van der Waals surface area contributed by atoms with Gasteiger partial charge < -0.3 is 10.6 Å². The highest BCUT2D eigenvalue weighted by Crippen LogP contribution is 2.06. The van der Waals surface area contributed by atoms with E-state index in [1.807, 2.05) is 0 Å². The summed E-state index contributed by atoms with van der Waals surface area (Å²) in [5.41, 5.74) is 1.05. The molecule has 0 aliphatic heterocycles. The average Bonchev–Trinajstić information content (AvgIpc) is 2.46. The smallest absolute Gasteiger partial charge is 0.256 e. The van der Waals surface area contributed by atoms with Gasteiger partial charge in [0.25, 0.3) is 5.91 Å². The number of nitrogens with zero attached hydrogens (tertiary/aromatic N) is 3. The van der Waals surface area contributed by atoms with Crippen LogP contribution in [0.5, 0.6) is 0 Å². The van der Waals surface area contributed by atoms with E-state index in [0.29, 0.717) is 17.1 Å². The Labute approximate surface area is 115 Å². The van der Waals surface area contributed by atoms with Gasteiger partial charge in [0.05, 0.1) is 12.2 Å². The molecule has 0 atom stereocenters. The number of nitrogens with one attached hydrogen (secondary N) is 2. The molecule has 0 saturated heterocycles. The lowest BCUT2D eigenvalue weighted by atomic mass is 10.2. The third-order valence-corrected chi connectivity index (χ3v) is 2.42. The molecular formula is C13H13N5O2. The van der Waals surface area contributed by atoms with E-state index in [1.165, 1.54) is 25.6 Å². The number of pyridine rings is 1. The van der Waals surface area contributed by atoms with Crippen LogP contribution in [0.25, 0.3) is 0 Å². The Kier molecular flexibility index (Phi) is 4.33. The first-order valence-electron chi connectivity index (χ1n) is 5.92. The Hall–Kier alpha value is -2.83. The summed E-state index contributed by atoms with van der Waals surface area (Å²) in [5.74, 6) is -0.0250. The number of hydrogen-bond donors (Lipinski definition) is 2. The SMILES string of the molecule is CC(=O)NCc1cc(C(=O)Nc2ccncn2)ccn1. The lowest BCUT2D eigenvalue weighted by Crippen LogP contribution is -2.20. The standard InChI is InChI=1S/C13H13N5O2/c1-9(19)16-7-11-6-10(2-5-15-11)13(20)18-12-3-4-14-8-17-12/h2-6,8H,7H2,1H3,(H,16,19)(H,14,17,18,20). The molecule has 102 valence electrons. The van der Waals surface area contributed by atoms with Crippen molar-refractivity contribution < 1.29 is 9.59 Å². The molecule has 0 aliphatic carbocycles. The molecule has 0 bridgehead atoms. The van der Waals surface area contributed by atoms with Gasteiger partial charge in [-0.25, -0.2) is 9.97 Å². The number of anilines is 1. The molecule has 0 fully saturated rings. The highest BCUT2D eigenvalue weighted by atomic mass is 16.2. The summed E-state index contributed by atoms with van der Waals surface area (Å²) in [6.45, 7) is 1.70. The van der Waals surface area contributed by atoms with Crippen LogP contribution in [0.3, 0.4) is 0 Å². The second-order valence-electron chi connectivity index (χ2n) is 3.99. The lowest BCUT2D eigenvalue weighted by Gasteiger charge is -2.06. The summed E-state index contributed by atoms with van der Waals surface area (Å²) in [7, 11) is 0. The van der Waals surface area contributed by atoms with Crippen LogP contribution in [-0.2, 0) is 11.3 Å². The summed E-state index contributed by atoms with van der Waals surface area (Å²) in [5, 5.41) is 5.27. The predicted octanol–water partition coefficient (Wildman–Crippen LogP) is 0.760. The van der Waals surface area contributed by atoms with Gasteiger partial charge in [-0.1, -0.05) is 0 Å². The normalized spacial score (nSPS) is 9.85. The van der Waals surface area contributed by atoms with Gasteiger partial charge in [0.1, 0.15) is 12.1 Å². The van der Waals surface area contributed by atoms with Gasteiger partial charge >= 0.3 is 0 Å². The second-order valence-corrected chi connectivity index (χ2v) is 3.99. The lowest BCUT2D eigenvalue weighted by molar-refractivity contribution is -0.119. The Morgan fingerprint density at radius 3 is 2.75 bits per heavy atom. The minimum atomic E-state index is -0.296. The number of carbonyl (C=O) groups excluding carboxylic acids is 2. The van der Waals surface area contributed by atoms with E-state index in [2.05, 4.69) is 25.6 Å². The molecule has 0 unspecified atom stereocenters. The highest BCUT2D eigenvalue weighted by molar-refractivity contribution is 6.03. The Bertz CT molecular complexity index is 615. The van der Waals surface area contributed by atoms with Gasteiger partial charge in [-0.15, -0.1) is 0 Å². The van der Waals surface area contributed by atoms with Crippen molar-refractivity contribution in [2.75, 3.05) is 5.32 Å². The first-order valence-corrected chi connectivity index (χ1v) is 5.92. The summed E-state index contributed by atoms with van der Waals surface area (Å²) >= 11 is 0. The van der Waals surface area contributed by atoms with Crippen LogP contribution in [0.4, 0.5) is 5.82 Å². The number of hydrogen-bond acceptors (Lipinski definition) is 5. The average molecular weight is 271 g/mol. The zero-order valence-corrected chi connectivity index (χ0v) is 10.8. The Morgan fingerprint density at radius 1 is 1.20 bits per heavy atom. The minimum Gasteiger partial charge on any atom is -0.351 e. The van der Waals surface area contributed by atoms with Crippen molar-refractivity contribution in [1.29, 1.82) is 0 Å². The summed E-state index contributed by atoms with van der Waals surface area (Å²) in [4.78, 5) is 34.6. The van der Waals surface area contributed by atoms with Crippen LogP contribution in [0.1, 0.15) is 23.0 Å². The van der Waals surface area contributed by atoms with Gasteiger partial charge in [-0.3, -0.25) is 14.6 Å². The molecule has 2 heterocycles. The topological polar surface area (TPSA) is 96.9 Å². The van der Waals surface area contributed by atoms with E-state index in [1.54, 1.807) is 18.2 Å². The molecule has 0 saturated carbocycles. The minimum absolute atomic E-state index is 0.150. The van der Waals surface area contributed by atoms with Crippen LogP contribution in [-0.4, -0.2) is 26.8 Å². The maximum absolute atomic E-state index is 12.0.